The van der Waals surface area contributed by atoms with E-state index in [1.807, 2.05) is 12.3 Å². The van der Waals surface area contributed by atoms with Gasteiger partial charge in [0.05, 0.1) is 22.2 Å². The molecule has 0 saturated carbocycles. The minimum absolute atomic E-state index is 0.0707. The molecular formula is C12H12ClN3O2S. The van der Waals surface area contributed by atoms with Gasteiger partial charge in [-0.2, -0.15) is 0 Å². The van der Waals surface area contributed by atoms with E-state index in [4.69, 9.17) is 11.6 Å². The van der Waals surface area contributed by atoms with Gasteiger partial charge in [-0.3, -0.25) is 10.1 Å². The van der Waals surface area contributed by atoms with Gasteiger partial charge in [-0.1, -0.05) is 17.7 Å². The zero-order chi connectivity index (χ0) is 14.0. The van der Waals surface area contributed by atoms with Crippen LogP contribution in [-0.4, -0.2) is 17.0 Å². The van der Waals surface area contributed by atoms with Crippen LogP contribution >= 0.6 is 22.9 Å². The van der Waals surface area contributed by atoms with Crippen LogP contribution in [0.25, 0.3) is 0 Å². The topological polar surface area (TPSA) is 59.3 Å². The molecule has 0 bridgehead atoms. The minimum Gasteiger partial charge on any atom is -0.363 e. The van der Waals surface area contributed by atoms with Crippen LogP contribution in [0, 0.1) is 17.0 Å². The zero-order valence-electron chi connectivity index (χ0n) is 10.5. The van der Waals surface area contributed by atoms with Crippen LogP contribution in [0.1, 0.15) is 10.7 Å². The first-order valence-electron chi connectivity index (χ1n) is 5.54. The van der Waals surface area contributed by atoms with Gasteiger partial charge in [0.2, 0.25) is 0 Å². The van der Waals surface area contributed by atoms with E-state index in [9.17, 15) is 10.1 Å². The Bertz CT molecular complexity index is 615. The first-order chi connectivity index (χ1) is 8.99. The van der Waals surface area contributed by atoms with Gasteiger partial charge in [0.15, 0.2) is 0 Å². The average molecular weight is 298 g/mol. The minimum atomic E-state index is -0.458. The molecule has 19 heavy (non-hydrogen) atoms. The lowest BCUT2D eigenvalue weighted by Crippen LogP contribution is -2.18. The third-order valence-corrected chi connectivity index (χ3v) is 3.75. The lowest BCUT2D eigenvalue weighted by Gasteiger charge is -2.18. The first kappa shape index (κ1) is 13.8. The van der Waals surface area contributed by atoms with Gasteiger partial charge < -0.3 is 4.90 Å². The number of hydrogen-bond donors (Lipinski definition) is 0. The van der Waals surface area contributed by atoms with E-state index in [2.05, 4.69) is 4.98 Å². The second-order valence-corrected chi connectivity index (χ2v) is 5.55. The van der Waals surface area contributed by atoms with Crippen molar-refractivity contribution in [3.63, 3.8) is 0 Å². The number of nitro benzene ring substituents is 1. The molecule has 2 aromatic rings. The summed E-state index contributed by atoms with van der Waals surface area (Å²) < 4.78 is 0. The Labute approximate surface area is 119 Å². The fourth-order valence-corrected chi connectivity index (χ4v) is 2.64. The van der Waals surface area contributed by atoms with Crippen molar-refractivity contribution in [3.8, 4) is 0 Å². The van der Waals surface area contributed by atoms with Crippen molar-refractivity contribution in [1.29, 1.82) is 0 Å². The standard InChI is InChI=1S/C12H12ClN3O2S/c1-8-14-9(7-19-8)6-15(2)11-5-3-4-10(13)12(11)16(17)18/h3-5,7H,6H2,1-2H3. The monoisotopic (exact) mass is 297 g/mol. The lowest BCUT2D eigenvalue weighted by atomic mass is 10.2. The summed E-state index contributed by atoms with van der Waals surface area (Å²) in [5.74, 6) is 0. The molecule has 0 unspecified atom stereocenters. The molecule has 0 N–H and O–H groups in total. The second-order valence-electron chi connectivity index (χ2n) is 4.08. The number of halogens is 1. The maximum absolute atomic E-state index is 11.1. The number of hydrogen-bond acceptors (Lipinski definition) is 5. The van der Waals surface area contributed by atoms with E-state index >= 15 is 0 Å². The van der Waals surface area contributed by atoms with E-state index in [-0.39, 0.29) is 10.7 Å². The number of nitro groups is 1. The summed E-state index contributed by atoms with van der Waals surface area (Å²) in [6.07, 6.45) is 0. The molecule has 0 aliphatic carbocycles. The molecule has 0 saturated heterocycles. The number of anilines is 1. The normalized spacial score (nSPS) is 10.5. The molecule has 1 heterocycles. The molecule has 2 rings (SSSR count). The molecule has 0 radical (unpaired) electrons. The molecule has 5 nitrogen and oxygen atoms in total. The van der Waals surface area contributed by atoms with E-state index in [1.54, 1.807) is 35.4 Å². The Kier molecular flexibility index (Phi) is 4.01. The van der Waals surface area contributed by atoms with Gasteiger partial charge in [-0.05, 0) is 19.1 Å². The SMILES string of the molecule is Cc1nc(CN(C)c2cccc(Cl)c2[N+](=O)[O-])cs1. The van der Waals surface area contributed by atoms with E-state index < -0.39 is 4.92 Å². The summed E-state index contributed by atoms with van der Waals surface area (Å²) in [7, 11) is 1.79. The van der Waals surface area contributed by atoms with E-state index in [0.717, 1.165) is 10.7 Å². The van der Waals surface area contributed by atoms with Crippen molar-refractivity contribution >= 4 is 34.3 Å². The number of nitrogens with zero attached hydrogens (tertiary/aromatic N) is 3. The van der Waals surface area contributed by atoms with Gasteiger partial charge in [0.25, 0.3) is 0 Å². The summed E-state index contributed by atoms with van der Waals surface area (Å²) in [5.41, 5.74) is 1.31. The Hall–Kier alpha value is -1.66. The third-order valence-electron chi connectivity index (χ3n) is 2.63. The van der Waals surface area contributed by atoms with Crippen LogP contribution < -0.4 is 4.90 Å². The Morgan fingerprint density at radius 3 is 2.84 bits per heavy atom. The van der Waals surface area contributed by atoms with Crippen molar-refractivity contribution in [2.45, 2.75) is 13.5 Å². The van der Waals surface area contributed by atoms with Crippen LogP contribution in [0.3, 0.4) is 0 Å². The van der Waals surface area contributed by atoms with Crippen molar-refractivity contribution in [3.05, 3.63) is 49.4 Å². The zero-order valence-corrected chi connectivity index (χ0v) is 12.0. The molecule has 1 aromatic carbocycles. The van der Waals surface area contributed by atoms with Crippen molar-refractivity contribution in [2.24, 2.45) is 0 Å². The lowest BCUT2D eigenvalue weighted by molar-refractivity contribution is -0.384. The Morgan fingerprint density at radius 2 is 2.26 bits per heavy atom. The second kappa shape index (κ2) is 5.54. The number of thiazole rings is 1. The van der Waals surface area contributed by atoms with E-state index in [0.29, 0.717) is 12.2 Å². The summed E-state index contributed by atoms with van der Waals surface area (Å²) in [4.78, 5) is 16.8. The molecule has 0 atom stereocenters. The van der Waals surface area contributed by atoms with Crippen molar-refractivity contribution in [1.82, 2.24) is 4.98 Å². The maximum atomic E-state index is 11.1. The van der Waals surface area contributed by atoms with Gasteiger partial charge >= 0.3 is 5.69 Å². The molecular weight excluding hydrogens is 286 g/mol. The summed E-state index contributed by atoms with van der Waals surface area (Å²) in [6, 6.07) is 4.90. The van der Waals surface area contributed by atoms with Gasteiger partial charge in [0.1, 0.15) is 10.7 Å². The summed E-state index contributed by atoms with van der Waals surface area (Å²) in [5, 5.41) is 14.1. The fourth-order valence-electron chi connectivity index (χ4n) is 1.80. The molecule has 0 spiro atoms. The third kappa shape index (κ3) is 3.02. The fraction of sp³-hybridized carbons (Fsp3) is 0.250. The van der Waals surface area contributed by atoms with Crippen LogP contribution in [0.2, 0.25) is 5.02 Å². The maximum Gasteiger partial charge on any atom is 0.310 e. The molecule has 0 aliphatic heterocycles. The predicted octanol–water partition coefficient (Wildman–Crippen LogP) is 3.65. The van der Waals surface area contributed by atoms with Gasteiger partial charge in [0, 0.05) is 12.4 Å². The van der Waals surface area contributed by atoms with Crippen LogP contribution in [-0.2, 0) is 6.54 Å². The Balaban J connectivity index is 2.31. The molecule has 7 heteroatoms. The van der Waals surface area contributed by atoms with Crippen LogP contribution in [0.5, 0.6) is 0 Å². The number of rotatable bonds is 4. The summed E-state index contributed by atoms with van der Waals surface area (Å²) >= 11 is 7.45. The van der Waals surface area contributed by atoms with E-state index in [1.165, 1.54) is 6.07 Å². The first-order valence-corrected chi connectivity index (χ1v) is 6.80. The smallest absolute Gasteiger partial charge is 0.310 e. The molecule has 0 fully saturated rings. The number of para-hydroxylation sites is 1. The summed E-state index contributed by atoms with van der Waals surface area (Å²) in [6.45, 7) is 2.43. The average Bonchev–Trinajstić information content (AvgIpc) is 2.73. The molecule has 0 aliphatic rings. The highest BCUT2D eigenvalue weighted by molar-refractivity contribution is 7.09. The van der Waals surface area contributed by atoms with Gasteiger partial charge in [-0.15, -0.1) is 11.3 Å². The van der Waals surface area contributed by atoms with Crippen LogP contribution in [0.15, 0.2) is 23.6 Å². The van der Waals surface area contributed by atoms with Crippen molar-refractivity contribution < 1.29 is 4.92 Å². The van der Waals surface area contributed by atoms with Crippen LogP contribution in [0.4, 0.5) is 11.4 Å². The molecule has 100 valence electrons. The number of aryl methyl sites for hydroxylation is 1. The highest BCUT2D eigenvalue weighted by Gasteiger charge is 2.21. The van der Waals surface area contributed by atoms with Gasteiger partial charge in [-0.25, -0.2) is 4.98 Å². The largest absolute Gasteiger partial charge is 0.363 e. The number of aromatic nitrogens is 1. The highest BCUT2D eigenvalue weighted by atomic mass is 35.5. The quantitative estimate of drug-likeness (QED) is 0.638. The molecule has 1 aromatic heterocycles. The Morgan fingerprint density at radius 1 is 1.53 bits per heavy atom. The molecule has 0 amide bonds. The highest BCUT2D eigenvalue weighted by Crippen LogP contribution is 2.34. The predicted molar refractivity (Wildman–Crippen MR) is 77.1 cm³/mol. The van der Waals surface area contributed by atoms with Crippen molar-refractivity contribution in [2.75, 3.05) is 11.9 Å². The number of benzene rings is 1.